The second-order valence-corrected chi connectivity index (χ2v) is 23.4. The summed E-state index contributed by atoms with van der Waals surface area (Å²) >= 11 is 12.6. The largest absolute Gasteiger partial charge is 0.482 e. The lowest BCUT2D eigenvalue weighted by Gasteiger charge is -2.31. The zero-order valence-electron chi connectivity index (χ0n) is 50.3. The summed E-state index contributed by atoms with van der Waals surface area (Å²) in [4.78, 5) is 86.9. The summed E-state index contributed by atoms with van der Waals surface area (Å²) < 4.78 is 27.9. The van der Waals surface area contributed by atoms with Gasteiger partial charge < -0.3 is 50.7 Å². The minimum absolute atomic E-state index is 0.0168. The molecular weight excluding hydrogens is 1250 g/mol. The number of carbonyl (C=O) groups is 5. The summed E-state index contributed by atoms with van der Waals surface area (Å²) in [7, 11) is 0. The molecule has 3 aliphatic heterocycles. The highest BCUT2D eigenvalue weighted by atomic mass is 35.5. The van der Waals surface area contributed by atoms with Gasteiger partial charge in [0, 0.05) is 97.1 Å². The molecule has 10 aromatic rings. The molecule has 13 rings (SSSR count). The first-order valence-corrected chi connectivity index (χ1v) is 30.8. The lowest BCUT2D eigenvalue weighted by atomic mass is 10.0. The number of H-pyrrole nitrogens is 2. The van der Waals surface area contributed by atoms with Crippen LogP contribution in [-0.4, -0.2) is 111 Å². The number of piperidine rings is 1. The number of hydrogen-bond donors (Lipinski definition) is 7. The van der Waals surface area contributed by atoms with Crippen LogP contribution in [0.3, 0.4) is 0 Å². The summed E-state index contributed by atoms with van der Waals surface area (Å²) in [5.74, 6) is -3.90. The number of carboxylic acid groups (broad SMARTS) is 3. The molecule has 3 aliphatic rings. The van der Waals surface area contributed by atoms with Crippen LogP contribution in [0.5, 0.6) is 5.75 Å². The Kier molecular flexibility index (Phi) is 17.1. The zero-order valence-corrected chi connectivity index (χ0v) is 51.8. The standard InChI is InChI=1S/C72H55Cl2FN10O10/c1-38(61-50(73)18-19-51(75)66(61)74)95-60-34-47(35-78-67(60)76)48-36-79-85(37-48)49-28-31-84(32-29-49)72(93)94-33-30-77-68(86)43-10-2-39(3-11-43)62-52-20-22-54(80-52)63(40-4-12-44(13-5-40)69(87)88)56-24-26-58(82-56)65(42-8-16-46(17-9-42)71(91)92)59-27-25-57(83-59)64(55-23-21-53(62)81-55)41-6-14-45(15-7-41)70(89)90/h2-27,34-38,49,80,83H,28-33H2,1H3,(H2,76,78)(H,77,86)(H,87,88)(H,89,90)(H,91,92)/t38-/m0/s1. The van der Waals surface area contributed by atoms with Crippen LogP contribution in [0.2, 0.25) is 10.0 Å². The molecule has 0 aliphatic carbocycles. The number of nitrogen functional groups attached to an aromatic ring is 1. The van der Waals surface area contributed by atoms with Crippen molar-refractivity contribution in [3.63, 3.8) is 0 Å². The summed E-state index contributed by atoms with van der Waals surface area (Å²) in [6.45, 7) is 2.45. The molecule has 1 saturated heterocycles. The molecule has 1 fully saturated rings. The van der Waals surface area contributed by atoms with E-state index in [-0.39, 0.29) is 63.1 Å². The van der Waals surface area contributed by atoms with Crippen LogP contribution < -0.4 is 15.8 Å². The van der Waals surface area contributed by atoms with Crippen molar-refractivity contribution < 1.29 is 53.2 Å². The molecule has 8 heterocycles. The predicted octanol–water partition coefficient (Wildman–Crippen LogP) is 15.0. The van der Waals surface area contributed by atoms with Crippen molar-refractivity contribution in [1.82, 2.24) is 44.9 Å². The molecule has 95 heavy (non-hydrogen) atoms. The van der Waals surface area contributed by atoms with Crippen molar-refractivity contribution in [3.8, 4) is 61.4 Å². The van der Waals surface area contributed by atoms with E-state index in [1.807, 2.05) is 71.6 Å². The Hall–Kier alpha value is -11.7. The number of nitrogens with zero attached hydrogens (tertiary/aromatic N) is 6. The highest BCUT2D eigenvalue weighted by Gasteiger charge is 2.27. The molecule has 1 atom stereocenters. The monoisotopic (exact) mass is 1310 g/mol. The maximum atomic E-state index is 14.3. The molecule has 5 aromatic carbocycles. The van der Waals surface area contributed by atoms with Crippen molar-refractivity contribution in [2.24, 2.45) is 0 Å². The van der Waals surface area contributed by atoms with Gasteiger partial charge in [-0.3, -0.25) is 9.48 Å². The Morgan fingerprint density at radius 2 is 1.05 bits per heavy atom. The molecule has 0 spiro atoms. The van der Waals surface area contributed by atoms with Gasteiger partial charge in [0.15, 0.2) is 11.6 Å². The number of halogens is 3. The number of carbonyl (C=O) groups excluding carboxylic acids is 2. The van der Waals surface area contributed by atoms with Crippen molar-refractivity contribution in [2.45, 2.75) is 31.9 Å². The SMILES string of the molecule is C[C@H](Oc1cc(-c2cnn(C3CCN(C(=O)OCCNC(=O)c4ccc(-c5c6nc(c(-c7ccc(C(=O)O)cc7)c7ccc([nH]7)c(-c7ccc(C(=O)O)cc7)c7nc(c(-c8ccc(C(=O)O)cc8)c8ccc5[nH]8)C=C7)C=C6)cc4)CC3)c2)cnc1N)c1c(Cl)ccc(F)c1Cl. The molecule has 2 amide bonds. The molecular formula is C72H55Cl2FN10O10. The smallest absolute Gasteiger partial charge is 0.409 e. The fourth-order valence-electron chi connectivity index (χ4n) is 11.9. The van der Waals surface area contributed by atoms with E-state index in [0.717, 1.165) is 5.56 Å². The molecule has 8 bridgehead atoms. The molecule has 5 aromatic heterocycles. The Labute approximate surface area is 550 Å². The van der Waals surface area contributed by atoms with Gasteiger partial charge in [-0.1, -0.05) is 71.7 Å². The number of nitrogens with two attached hydrogens (primary N) is 1. The van der Waals surface area contributed by atoms with Gasteiger partial charge in [0.25, 0.3) is 5.91 Å². The fraction of sp³-hybridized carbons (Fsp3) is 0.125. The number of carboxylic acids is 3. The normalized spacial score (nSPS) is 13.2. The molecule has 474 valence electrons. The van der Waals surface area contributed by atoms with Gasteiger partial charge in [0.05, 0.1) is 63.3 Å². The first-order valence-electron chi connectivity index (χ1n) is 30.0. The molecule has 0 unspecified atom stereocenters. The minimum atomic E-state index is -1.08. The number of amides is 2. The number of nitrogens with one attached hydrogen (secondary N) is 3. The van der Waals surface area contributed by atoms with E-state index >= 15 is 0 Å². The number of rotatable bonds is 16. The van der Waals surface area contributed by atoms with Crippen molar-refractivity contribution in [2.75, 3.05) is 32.0 Å². The Balaban J connectivity index is 0.746. The van der Waals surface area contributed by atoms with E-state index in [2.05, 4.69) is 25.4 Å². The van der Waals surface area contributed by atoms with Crippen molar-refractivity contribution >= 4 is 105 Å². The highest BCUT2D eigenvalue weighted by molar-refractivity contribution is 6.36. The highest BCUT2D eigenvalue weighted by Crippen LogP contribution is 2.41. The van der Waals surface area contributed by atoms with Crippen LogP contribution in [0.4, 0.5) is 15.0 Å². The zero-order chi connectivity index (χ0) is 66.2. The second-order valence-electron chi connectivity index (χ2n) is 22.6. The van der Waals surface area contributed by atoms with E-state index in [0.29, 0.717) is 126 Å². The number of anilines is 1. The third-order valence-corrected chi connectivity index (χ3v) is 17.5. The molecule has 0 radical (unpaired) electrons. The predicted molar refractivity (Wildman–Crippen MR) is 360 cm³/mol. The van der Waals surface area contributed by atoms with E-state index in [4.69, 9.17) is 48.4 Å². The second kappa shape index (κ2) is 26.1. The average Bonchev–Trinajstić information content (AvgIpc) is 1.66. The Bertz CT molecular complexity index is 4930. The number of hydrogen-bond acceptors (Lipinski definition) is 12. The van der Waals surface area contributed by atoms with Crippen molar-refractivity contribution in [1.29, 1.82) is 0 Å². The van der Waals surface area contributed by atoms with Crippen LogP contribution in [0, 0.1) is 5.82 Å². The topological polar surface area (TPSA) is 294 Å². The molecule has 20 nitrogen and oxygen atoms in total. The van der Waals surface area contributed by atoms with Crippen LogP contribution in [0.25, 0.3) is 102 Å². The lowest BCUT2D eigenvalue weighted by Crippen LogP contribution is -2.40. The minimum Gasteiger partial charge on any atom is -0.482 e. The number of aromatic carboxylic acids is 3. The third kappa shape index (κ3) is 12.7. The summed E-state index contributed by atoms with van der Waals surface area (Å²) in [5, 5.41) is 37.1. The first kappa shape index (κ1) is 62.1. The Morgan fingerprint density at radius 1 is 0.611 bits per heavy atom. The summed E-state index contributed by atoms with van der Waals surface area (Å²) in [6.07, 6.45) is 12.6. The summed E-state index contributed by atoms with van der Waals surface area (Å²) in [5.41, 5.74) is 18.4. The number of pyridine rings is 1. The van der Waals surface area contributed by atoms with Gasteiger partial charge in [0.2, 0.25) is 0 Å². The Morgan fingerprint density at radius 3 is 1.49 bits per heavy atom. The van der Waals surface area contributed by atoms with Crippen molar-refractivity contribution in [3.05, 3.63) is 225 Å². The van der Waals surface area contributed by atoms with Crippen LogP contribution in [-0.2, 0) is 4.74 Å². The summed E-state index contributed by atoms with van der Waals surface area (Å²) in [6, 6.07) is 38.3. The van der Waals surface area contributed by atoms with E-state index < -0.39 is 41.8 Å². The third-order valence-electron chi connectivity index (χ3n) is 16.8. The van der Waals surface area contributed by atoms with Crippen LogP contribution >= 0.6 is 23.2 Å². The van der Waals surface area contributed by atoms with Gasteiger partial charge in [-0.2, -0.15) is 5.10 Å². The van der Waals surface area contributed by atoms with Gasteiger partial charge in [-0.15, -0.1) is 0 Å². The number of likely N-dealkylation sites (tertiary alicyclic amines) is 1. The fourth-order valence-corrected chi connectivity index (χ4v) is 12.6. The lowest BCUT2D eigenvalue weighted by molar-refractivity contribution is 0.0686. The first-order chi connectivity index (χ1) is 45.9. The maximum absolute atomic E-state index is 14.3. The molecule has 8 N–H and O–H groups in total. The quantitative estimate of drug-likeness (QED) is 0.0349. The van der Waals surface area contributed by atoms with E-state index in [9.17, 15) is 43.7 Å². The van der Waals surface area contributed by atoms with Gasteiger partial charge in [-0.25, -0.2) is 38.5 Å². The molecule has 0 saturated carbocycles. The van der Waals surface area contributed by atoms with Gasteiger partial charge in [-0.05, 0) is 157 Å². The van der Waals surface area contributed by atoms with E-state index in [1.54, 1.807) is 78.8 Å². The van der Waals surface area contributed by atoms with Crippen LogP contribution in [0.1, 0.15) is 102 Å². The number of aromatic nitrogens is 7. The molecule has 23 heteroatoms. The van der Waals surface area contributed by atoms with Crippen LogP contribution in [0.15, 0.2) is 158 Å². The van der Waals surface area contributed by atoms with Gasteiger partial charge in [0.1, 0.15) is 18.5 Å². The van der Waals surface area contributed by atoms with Gasteiger partial charge >= 0.3 is 24.0 Å². The number of fused-ring (bicyclic) bond motifs is 8. The number of ether oxygens (including phenoxy) is 2. The average molecular weight is 1310 g/mol. The number of aromatic amines is 2. The maximum Gasteiger partial charge on any atom is 0.409 e. The van der Waals surface area contributed by atoms with E-state index in [1.165, 1.54) is 48.5 Å². The number of benzene rings is 5.